The highest BCUT2D eigenvalue weighted by atomic mass is 35.5. The fourth-order valence-corrected chi connectivity index (χ4v) is 4.23. The van der Waals surface area contributed by atoms with E-state index < -0.39 is 0 Å². The van der Waals surface area contributed by atoms with Crippen molar-refractivity contribution >= 4 is 24.0 Å². The Morgan fingerprint density at radius 2 is 1.69 bits per heavy atom. The number of halogens is 2. The molecule has 2 heterocycles. The number of alkyl halides is 1. The van der Waals surface area contributed by atoms with Gasteiger partial charge in [-0.3, -0.25) is 9.18 Å². The number of likely N-dealkylation sites (tertiary alicyclic amines) is 1. The lowest BCUT2D eigenvalue weighted by Gasteiger charge is -2.43. The number of hydrogen-bond donors (Lipinski definition) is 0. The second-order valence-electron chi connectivity index (χ2n) is 7.38. The van der Waals surface area contributed by atoms with Crippen molar-refractivity contribution in [1.82, 2.24) is 9.80 Å². The highest BCUT2D eigenvalue weighted by Gasteiger charge is 2.52. The third-order valence-corrected chi connectivity index (χ3v) is 5.72. The van der Waals surface area contributed by atoms with E-state index in [2.05, 4.69) is 21.9 Å². The molecule has 0 aromatic heterocycles. The van der Waals surface area contributed by atoms with E-state index in [0.717, 1.165) is 57.4 Å². The molecule has 26 heavy (non-hydrogen) atoms. The molecule has 0 bridgehead atoms. The fourth-order valence-electron chi connectivity index (χ4n) is 4.23. The molecule has 6 heteroatoms. The van der Waals surface area contributed by atoms with Crippen LogP contribution in [0.25, 0.3) is 0 Å². The Kier molecular flexibility index (Phi) is 7.71. The minimum atomic E-state index is -0.374. The summed E-state index contributed by atoms with van der Waals surface area (Å²) in [6.45, 7) is 3.47. The minimum absolute atomic E-state index is 0. The number of para-hydroxylation sites is 1. The van der Waals surface area contributed by atoms with Crippen LogP contribution in [-0.2, 0) is 4.79 Å². The molecule has 0 aliphatic carbocycles. The zero-order valence-corrected chi connectivity index (χ0v) is 16.5. The SMILES string of the molecule is CN1CN(c2ccccc2)C2(CCN(CCCCCCF)CC2)C1=O.Cl. The first-order valence-electron chi connectivity index (χ1n) is 9.54. The highest BCUT2D eigenvalue weighted by Crippen LogP contribution is 2.38. The first kappa shape index (κ1) is 21.0. The molecule has 2 fully saturated rings. The van der Waals surface area contributed by atoms with Gasteiger partial charge in [-0.2, -0.15) is 0 Å². The number of carbonyl (C=O) groups is 1. The molecule has 0 atom stereocenters. The van der Waals surface area contributed by atoms with Gasteiger partial charge in [0.2, 0.25) is 5.91 Å². The second kappa shape index (κ2) is 9.56. The predicted octanol–water partition coefficient (Wildman–Crippen LogP) is 3.71. The van der Waals surface area contributed by atoms with E-state index in [1.165, 1.54) is 0 Å². The maximum absolute atomic E-state index is 12.9. The van der Waals surface area contributed by atoms with Crippen molar-refractivity contribution in [2.24, 2.45) is 0 Å². The van der Waals surface area contributed by atoms with Gasteiger partial charge in [0.15, 0.2) is 0 Å². The number of rotatable bonds is 7. The quantitative estimate of drug-likeness (QED) is 0.671. The number of anilines is 1. The standard InChI is InChI=1S/C20H30FN3O.ClH/c1-22-17-24(18-9-5-4-6-10-18)20(19(22)25)11-15-23(16-12-20)14-8-3-2-7-13-21;/h4-6,9-10H,2-3,7-8,11-17H2,1H3;1H. The third kappa shape index (κ3) is 4.32. The molecule has 0 saturated carbocycles. The summed E-state index contributed by atoms with van der Waals surface area (Å²) < 4.78 is 12.1. The van der Waals surface area contributed by atoms with Crippen molar-refractivity contribution in [3.8, 4) is 0 Å². The number of nitrogens with zero attached hydrogens (tertiary/aromatic N) is 3. The highest BCUT2D eigenvalue weighted by molar-refractivity contribution is 5.93. The van der Waals surface area contributed by atoms with Gasteiger partial charge in [-0.25, -0.2) is 0 Å². The van der Waals surface area contributed by atoms with Crippen molar-refractivity contribution < 1.29 is 9.18 Å². The Morgan fingerprint density at radius 3 is 2.35 bits per heavy atom. The molecule has 1 amide bonds. The van der Waals surface area contributed by atoms with E-state index in [9.17, 15) is 9.18 Å². The van der Waals surface area contributed by atoms with Gasteiger partial charge in [0, 0.05) is 25.8 Å². The Bertz CT molecular complexity index is 563. The molecule has 0 unspecified atom stereocenters. The molecule has 146 valence electrons. The van der Waals surface area contributed by atoms with Crippen molar-refractivity contribution in [2.75, 3.05) is 44.9 Å². The summed E-state index contributed by atoms with van der Waals surface area (Å²) in [5, 5.41) is 0. The van der Waals surface area contributed by atoms with Gasteiger partial charge in [0.05, 0.1) is 13.3 Å². The van der Waals surface area contributed by atoms with Gasteiger partial charge in [0.25, 0.3) is 0 Å². The average molecular weight is 384 g/mol. The lowest BCUT2D eigenvalue weighted by Crippen LogP contribution is -2.56. The van der Waals surface area contributed by atoms with Crippen molar-refractivity contribution in [3.63, 3.8) is 0 Å². The van der Waals surface area contributed by atoms with Crippen LogP contribution in [0.4, 0.5) is 10.1 Å². The van der Waals surface area contributed by atoms with E-state index in [1.807, 2.05) is 30.1 Å². The molecule has 2 saturated heterocycles. The van der Waals surface area contributed by atoms with Crippen molar-refractivity contribution in [1.29, 1.82) is 0 Å². The smallest absolute Gasteiger partial charge is 0.249 e. The predicted molar refractivity (Wildman–Crippen MR) is 107 cm³/mol. The van der Waals surface area contributed by atoms with Crippen molar-refractivity contribution in [2.45, 2.75) is 44.1 Å². The number of unbranched alkanes of at least 4 members (excludes halogenated alkanes) is 3. The van der Waals surface area contributed by atoms with Gasteiger partial charge >= 0.3 is 0 Å². The molecule has 1 aromatic carbocycles. The topological polar surface area (TPSA) is 26.8 Å². The summed E-state index contributed by atoms with van der Waals surface area (Å²) in [5.74, 6) is 0.263. The lowest BCUT2D eigenvalue weighted by molar-refractivity contribution is -0.132. The normalized spacial score (nSPS) is 19.8. The van der Waals surface area contributed by atoms with Crippen LogP contribution in [0.2, 0.25) is 0 Å². The van der Waals surface area contributed by atoms with Crippen LogP contribution in [0.15, 0.2) is 30.3 Å². The van der Waals surface area contributed by atoms with Gasteiger partial charge in [-0.05, 0) is 44.4 Å². The van der Waals surface area contributed by atoms with Crippen LogP contribution in [-0.4, -0.2) is 61.3 Å². The number of carbonyl (C=O) groups excluding carboxylic acids is 1. The Hall–Kier alpha value is -1.33. The molecule has 2 aliphatic heterocycles. The summed E-state index contributed by atoms with van der Waals surface area (Å²) in [6, 6.07) is 10.3. The Labute approximate surface area is 162 Å². The fraction of sp³-hybridized carbons (Fsp3) is 0.650. The number of hydrogen-bond acceptors (Lipinski definition) is 3. The Balaban J connectivity index is 0.00000243. The summed E-state index contributed by atoms with van der Waals surface area (Å²) >= 11 is 0. The van der Waals surface area contributed by atoms with Crippen LogP contribution < -0.4 is 4.90 Å². The van der Waals surface area contributed by atoms with E-state index in [1.54, 1.807) is 0 Å². The molecule has 0 radical (unpaired) electrons. The van der Waals surface area contributed by atoms with E-state index in [4.69, 9.17) is 0 Å². The van der Waals surface area contributed by atoms with Crippen LogP contribution >= 0.6 is 12.4 Å². The average Bonchev–Trinajstić information content (AvgIpc) is 2.89. The van der Waals surface area contributed by atoms with Crippen LogP contribution in [0.3, 0.4) is 0 Å². The molecule has 2 aliphatic rings. The first-order chi connectivity index (χ1) is 12.2. The number of likely N-dealkylation sites (N-methyl/N-ethyl adjacent to an activating group) is 1. The van der Waals surface area contributed by atoms with Crippen LogP contribution in [0, 0.1) is 0 Å². The monoisotopic (exact) mass is 383 g/mol. The van der Waals surface area contributed by atoms with Gasteiger partial charge < -0.3 is 14.7 Å². The summed E-state index contributed by atoms with van der Waals surface area (Å²) in [5.41, 5.74) is 0.765. The van der Waals surface area contributed by atoms with Gasteiger partial charge in [0.1, 0.15) is 5.54 Å². The molecular formula is C20H31ClFN3O. The van der Waals surface area contributed by atoms with Gasteiger partial charge in [-0.15, -0.1) is 12.4 Å². The number of amides is 1. The molecule has 3 rings (SSSR count). The zero-order valence-electron chi connectivity index (χ0n) is 15.7. The third-order valence-electron chi connectivity index (χ3n) is 5.72. The lowest BCUT2D eigenvalue weighted by atomic mass is 9.85. The molecule has 0 N–H and O–H groups in total. The summed E-state index contributed by atoms with van der Waals surface area (Å²) in [6.07, 6.45) is 5.67. The van der Waals surface area contributed by atoms with Crippen LogP contribution in [0.1, 0.15) is 38.5 Å². The Morgan fingerprint density at radius 1 is 1.04 bits per heavy atom. The van der Waals surface area contributed by atoms with E-state index in [0.29, 0.717) is 13.1 Å². The van der Waals surface area contributed by atoms with Gasteiger partial charge in [-0.1, -0.05) is 31.0 Å². The second-order valence-corrected chi connectivity index (χ2v) is 7.38. The largest absolute Gasteiger partial charge is 0.339 e. The van der Waals surface area contributed by atoms with E-state index >= 15 is 0 Å². The minimum Gasteiger partial charge on any atom is -0.339 e. The first-order valence-corrected chi connectivity index (χ1v) is 9.54. The maximum atomic E-state index is 12.9. The van der Waals surface area contributed by atoms with Crippen molar-refractivity contribution in [3.05, 3.63) is 30.3 Å². The maximum Gasteiger partial charge on any atom is 0.249 e. The van der Waals surface area contributed by atoms with E-state index in [-0.39, 0.29) is 30.5 Å². The summed E-state index contributed by atoms with van der Waals surface area (Å²) in [7, 11) is 1.91. The zero-order chi connectivity index (χ0) is 17.7. The summed E-state index contributed by atoms with van der Waals surface area (Å²) in [4.78, 5) is 19.6. The molecular weight excluding hydrogens is 353 g/mol. The molecule has 4 nitrogen and oxygen atoms in total. The number of piperidine rings is 1. The molecule has 1 spiro atoms. The number of benzene rings is 1. The molecule has 1 aromatic rings. The van der Waals surface area contributed by atoms with Crippen LogP contribution in [0.5, 0.6) is 0 Å².